The lowest BCUT2D eigenvalue weighted by atomic mass is 9.95. The maximum absolute atomic E-state index is 14.8. The standard InChI is InChI=1S/C23H18ClFN2O3S/c1-3-30-22(29)19-13(2)26-23-27(20(19)16-6-4-5-7-17(16)25)21(28)18(31-23)12-14-8-10-15(24)11-9-14/h4-12,20H,3H2,1-2H3. The van der Waals surface area contributed by atoms with Crippen LogP contribution in [0.15, 0.2) is 69.6 Å². The van der Waals surface area contributed by atoms with E-state index in [-0.39, 0.29) is 23.3 Å². The van der Waals surface area contributed by atoms with Crippen LogP contribution < -0.4 is 14.9 Å². The lowest BCUT2D eigenvalue weighted by Gasteiger charge is -2.24. The van der Waals surface area contributed by atoms with Crippen molar-refractivity contribution in [3.05, 3.63) is 101 Å². The lowest BCUT2D eigenvalue weighted by molar-refractivity contribution is -0.139. The van der Waals surface area contributed by atoms with Crippen LogP contribution in [0.1, 0.15) is 31.0 Å². The van der Waals surface area contributed by atoms with E-state index in [9.17, 15) is 14.0 Å². The molecule has 0 aliphatic carbocycles. The number of carbonyl (C=O) groups excluding carboxylic acids is 1. The van der Waals surface area contributed by atoms with Gasteiger partial charge in [0.25, 0.3) is 5.56 Å². The van der Waals surface area contributed by atoms with Crippen LogP contribution in [0.25, 0.3) is 6.08 Å². The Morgan fingerprint density at radius 1 is 1.26 bits per heavy atom. The van der Waals surface area contributed by atoms with E-state index in [0.717, 1.165) is 5.56 Å². The predicted octanol–water partition coefficient (Wildman–Crippen LogP) is 3.59. The highest BCUT2D eigenvalue weighted by Crippen LogP contribution is 2.32. The monoisotopic (exact) mass is 456 g/mol. The Kier molecular flexibility index (Phi) is 5.89. The summed E-state index contributed by atoms with van der Waals surface area (Å²) < 4.78 is 21.8. The van der Waals surface area contributed by atoms with Crippen LogP contribution in [-0.4, -0.2) is 17.1 Å². The highest BCUT2D eigenvalue weighted by atomic mass is 35.5. The van der Waals surface area contributed by atoms with Gasteiger partial charge in [0.15, 0.2) is 4.80 Å². The zero-order valence-electron chi connectivity index (χ0n) is 16.8. The van der Waals surface area contributed by atoms with Crippen LogP contribution in [0.3, 0.4) is 0 Å². The van der Waals surface area contributed by atoms with Gasteiger partial charge in [0.05, 0.1) is 22.4 Å². The van der Waals surface area contributed by atoms with Gasteiger partial charge in [0, 0.05) is 10.6 Å². The van der Waals surface area contributed by atoms with E-state index in [4.69, 9.17) is 16.3 Å². The average Bonchev–Trinajstić information content (AvgIpc) is 3.04. The minimum absolute atomic E-state index is 0.150. The number of ether oxygens (including phenoxy) is 1. The smallest absolute Gasteiger partial charge is 0.338 e. The second-order valence-electron chi connectivity index (χ2n) is 6.88. The van der Waals surface area contributed by atoms with Gasteiger partial charge < -0.3 is 4.74 Å². The van der Waals surface area contributed by atoms with Crippen molar-refractivity contribution >= 4 is 35.0 Å². The van der Waals surface area contributed by atoms with Crippen LogP contribution in [0.2, 0.25) is 5.02 Å². The first kappa shape index (κ1) is 21.2. The molecule has 1 aliphatic heterocycles. The van der Waals surface area contributed by atoms with E-state index in [2.05, 4.69) is 4.99 Å². The predicted molar refractivity (Wildman–Crippen MR) is 118 cm³/mol. The highest BCUT2D eigenvalue weighted by molar-refractivity contribution is 7.07. The number of thiazole rings is 1. The summed E-state index contributed by atoms with van der Waals surface area (Å²) in [6.45, 7) is 3.50. The van der Waals surface area contributed by atoms with E-state index in [0.29, 0.717) is 20.1 Å². The summed E-state index contributed by atoms with van der Waals surface area (Å²) in [5.41, 5.74) is 1.18. The number of fused-ring (bicyclic) bond motifs is 1. The molecule has 0 amide bonds. The second kappa shape index (κ2) is 8.61. The molecule has 0 fully saturated rings. The third-order valence-electron chi connectivity index (χ3n) is 4.88. The fourth-order valence-corrected chi connectivity index (χ4v) is 4.67. The molecule has 3 aromatic rings. The summed E-state index contributed by atoms with van der Waals surface area (Å²) in [5, 5.41) is 0.591. The fourth-order valence-electron chi connectivity index (χ4n) is 3.49. The first-order chi connectivity index (χ1) is 14.9. The molecule has 158 valence electrons. The number of carbonyl (C=O) groups is 1. The molecule has 4 rings (SSSR count). The number of halogens is 2. The summed E-state index contributed by atoms with van der Waals surface area (Å²) in [4.78, 5) is 31.0. The van der Waals surface area contributed by atoms with E-state index in [1.807, 2.05) is 0 Å². The normalized spacial score (nSPS) is 16.1. The summed E-state index contributed by atoms with van der Waals surface area (Å²) in [5.74, 6) is -1.14. The molecule has 1 aromatic heterocycles. The van der Waals surface area contributed by atoms with Crippen molar-refractivity contribution in [2.45, 2.75) is 19.9 Å². The number of rotatable bonds is 4. The van der Waals surface area contributed by atoms with Gasteiger partial charge in [-0.2, -0.15) is 0 Å². The van der Waals surface area contributed by atoms with Gasteiger partial charge in [-0.25, -0.2) is 14.2 Å². The molecule has 1 atom stereocenters. The minimum Gasteiger partial charge on any atom is -0.463 e. The first-order valence-electron chi connectivity index (χ1n) is 9.60. The molecule has 2 heterocycles. The van der Waals surface area contributed by atoms with Gasteiger partial charge in [-0.05, 0) is 43.7 Å². The van der Waals surface area contributed by atoms with Gasteiger partial charge in [0.1, 0.15) is 11.9 Å². The summed E-state index contributed by atoms with van der Waals surface area (Å²) in [6.07, 6.45) is 1.72. The zero-order chi connectivity index (χ0) is 22.1. The molecular formula is C23H18ClFN2O3S. The van der Waals surface area contributed by atoms with Crippen molar-refractivity contribution in [2.75, 3.05) is 6.61 Å². The van der Waals surface area contributed by atoms with E-state index < -0.39 is 17.8 Å². The molecule has 1 aliphatic rings. The number of benzene rings is 2. The van der Waals surface area contributed by atoms with Crippen molar-refractivity contribution in [2.24, 2.45) is 4.99 Å². The Labute approximate surface area is 186 Å². The number of allylic oxidation sites excluding steroid dienone is 1. The van der Waals surface area contributed by atoms with E-state index in [1.165, 1.54) is 22.0 Å². The molecule has 8 heteroatoms. The Balaban J connectivity index is 1.97. The minimum atomic E-state index is -0.969. The van der Waals surface area contributed by atoms with E-state index in [1.54, 1.807) is 62.4 Å². The van der Waals surface area contributed by atoms with E-state index >= 15 is 0 Å². The van der Waals surface area contributed by atoms with Crippen LogP contribution in [0.5, 0.6) is 0 Å². The Morgan fingerprint density at radius 3 is 2.65 bits per heavy atom. The Bertz CT molecular complexity index is 1370. The average molecular weight is 457 g/mol. The Morgan fingerprint density at radius 2 is 1.97 bits per heavy atom. The topological polar surface area (TPSA) is 60.7 Å². The largest absolute Gasteiger partial charge is 0.463 e. The molecule has 0 saturated heterocycles. The van der Waals surface area contributed by atoms with Crippen molar-refractivity contribution in [3.8, 4) is 0 Å². The van der Waals surface area contributed by atoms with Gasteiger partial charge in [-0.15, -0.1) is 0 Å². The molecular weight excluding hydrogens is 439 g/mol. The zero-order valence-corrected chi connectivity index (χ0v) is 18.3. The first-order valence-corrected chi connectivity index (χ1v) is 10.8. The van der Waals surface area contributed by atoms with Crippen LogP contribution >= 0.6 is 22.9 Å². The number of hydrogen-bond donors (Lipinski definition) is 0. The number of hydrogen-bond acceptors (Lipinski definition) is 5. The molecule has 0 saturated carbocycles. The van der Waals surface area contributed by atoms with Crippen LogP contribution in [0.4, 0.5) is 4.39 Å². The number of nitrogens with zero attached hydrogens (tertiary/aromatic N) is 2. The number of aromatic nitrogens is 1. The molecule has 5 nitrogen and oxygen atoms in total. The fraction of sp³-hybridized carbons (Fsp3) is 0.174. The van der Waals surface area contributed by atoms with Crippen LogP contribution in [-0.2, 0) is 9.53 Å². The van der Waals surface area contributed by atoms with Gasteiger partial charge >= 0.3 is 5.97 Å². The SMILES string of the molecule is CCOC(=O)C1=C(C)N=c2sc(=Cc3ccc(Cl)cc3)c(=O)n2C1c1ccccc1F. The summed E-state index contributed by atoms with van der Waals surface area (Å²) in [7, 11) is 0. The highest BCUT2D eigenvalue weighted by Gasteiger charge is 2.34. The second-order valence-corrected chi connectivity index (χ2v) is 8.32. The molecule has 0 N–H and O–H groups in total. The molecule has 0 spiro atoms. The van der Waals surface area contributed by atoms with Crippen molar-refractivity contribution in [1.29, 1.82) is 0 Å². The third-order valence-corrected chi connectivity index (χ3v) is 6.12. The summed E-state index contributed by atoms with van der Waals surface area (Å²) >= 11 is 7.12. The van der Waals surface area contributed by atoms with Crippen molar-refractivity contribution < 1.29 is 13.9 Å². The van der Waals surface area contributed by atoms with Gasteiger partial charge in [0.2, 0.25) is 0 Å². The summed E-state index contributed by atoms with van der Waals surface area (Å²) in [6, 6.07) is 12.2. The van der Waals surface area contributed by atoms with Gasteiger partial charge in [-0.3, -0.25) is 9.36 Å². The van der Waals surface area contributed by atoms with Crippen molar-refractivity contribution in [3.63, 3.8) is 0 Å². The molecule has 2 aromatic carbocycles. The quantitative estimate of drug-likeness (QED) is 0.564. The van der Waals surface area contributed by atoms with Gasteiger partial charge in [-0.1, -0.05) is 53.3 Å². The molecule has 1 unspecified atom stereocenters. The maximum atomic E-state index is 14.8. The third kappa shape index (κ3) is 3.98. The number of esters is 1. The lowest BCUT2D eigenvalue weighted by Crippen LogP contribution is -2.40. The molecule has 31 heavy (non-hydrogen) atoms. The van der Waals surface area contributed by atoms with Crippen LogP contribution in [0, 0.1) is 5.82 Å². The molecule has 0 radical (unpaired) electrons. The maximum Gasteiger partial charge on any atom is 0.338 e. The molecule has 0 bridgehead atoms. The van der Waals surface area contributed by atoms with Crippen molar-refractivity contribution in [1.82, 2.24) is 4.57 Å². The Hall–Kier alpha value is -3.03.